The predicted molar refractivity (Wildman–Crippen MR) is 94.2 cm³/mol. The fourth-order valence-corrected chi connectivity index (χ4v) is 4.97. The van der Waals surface area contributed by atoms with Crippen LogP contribution in [0.25, 0.3) is 11.1 Å². The maximum absolute atomic E-state index is 14.0. The molecule has 3 heterocycles. The van der Waals surface area contributed by atoms with Gasteiger partial charge in [0.05, 0.1) is 29.8 Å². The molecule has 1 N–H and O–H groups in total. The van der Waals surface area contributed by atoms with E-state index in [0.29, 0.717) is 28.8 Å². The molecule has 1 atom stereocenters. The number of carbonyl (C=O) groups is 1. The van der Waals surface area contributed by atoms with Crippen LogP contribution in [0.1, 0.15) is 22.5 Å². The van der Waals surface area contributed by atoms with E-state index in [2.05, 4.69) is 5.32 Å². The number of benzene rings is 1. The summed E-state index contributed by atoms with van der Waals surface area (Å²) in [6.45, 7) is 0.168. The van der Waals surface area contributed by atoms with Crippen molar-refractivity contribution in [1.29, 1.82) is 0 Å². The van der Waals surface area contributed by atoms with E-state index in [4.69, 9.17) is 4.42 Å². The minimum atomic E-state index is -3.09. The third-order valence-electron chi connectivity index (χ3n) is 4.61. The van der Waals surface area contributed by atoms with Gasteiger partial charge in [0.1, 0.15) is 11.5 Å². The van der Waals surface area contributed by atoms with Gasteiger partial charge in [-0.2, -0.15) is 0 Å². The molecular formula is C18H17FN2O4S. The standard InChI is InChI=1S/C18H17FN2O4S/c19-14-4-2-1-3-12(14)10-21-15-5-7-25-17(15)9-16(21)18(22)20-13-6-8-26(23,24)11-13/h1-5,7,9,13H,6,8,10-11H2,(H,20,22)/t13-/m0/s1. The molecule has 1 aliphatic rings. The number of carbonyl (C=O) groups excluding carboxylic acids is 1. The van der Waals surface area contributed by atoms with Crippen LogP contribution in [0.15, 0.2) is 47.1 Å². The summed E-state index contributed by atoms with van der Waals surface area (Å²) in [7, 11) is -3.09. The molecule has 8 heteroatoms. The Morgan fingerprint density at radius 1 is 1.31 bits per heavy atom. The number of hydrogen-bond donors (Lipinski definition) is 1. The van der Waals surface area contributed by atoms with E-state index in [0.717, 1.165) is 0 Å². The molecule has 0 radical (unpaired) electrons. The van der Waals surface area contributed by atoms with E-state index in [1.807, 2.05) is 0 Å². The lowest BCUT2D eigenvalue weighted by Gasteiger charge is -2.14. The molecule has 0 saturated carbocycles. The first-order valence-electron chi connectivity index (χ1n) is 8.24. The molecule has 136 valence electrons. The van der Waals surface area contributed by atoms with Crippen LogP contribution in [0.2, 0.25) is 0 Å². The zero-order valence-corrected chi connectivity index (χ0v) is 14.6. The van der Waals surface area contributed by atoms with Gasteiger partial charge in [-0.3, -0.25) is 4.79 Å². The Labute approximate surface area is 149 Å². The molecular weight excluding hydrogens is 359 g/mol. The molecule has 4 rings (SSSR count). The van der Waals surface area contributed by atoms with Crippen molar-refractivity contribution in [3.05, 3.63) is 59.7 Å². The van der Waals surface area contributed by atoms with Crippen LogP contribution in [-0.4, -0.2) is 36.4 Å². The minimum absolute atomic E-state index is 0.0527. The topological polar surface area (TPSA) is 81.3 Å². The molecule has 0 aliphatic carbocycles. The van der Waals surface area contributed by atoms with Gasteiger partial charge in [-0.15, -0.1) is 0 Å². The van der Waals surface area contributed by atoms with Crippen molar-refractivity contribution in [2.24, 2.45) is 0 Å². The summed E-state index contributed by atoms with van der Waals surface area (Å²) in [5.41, 5.74) is 1.96. The van der Waals surface area contributed by atoms with E-state index in [1.165, 1.54) is 12.3 Å². The molecule has 1 fully saturated rings. The Bertz CT molecular complexity index is 1080. The van der Waals surface area contributed by atoms with Crippen molar-refractivity contribution in [2.75, 3.05) is 11.5 Å². The highest BCUT2D eigenvalue weighted by atomic mass is 32.2. The van der Waals surface area contributed by atoms with Crippen LogP contribution in [0.4, 0.5) is 4.39 Å². The molecule has 1 aliphatic heterocycles. The van der Waals surface area contributed by atoms with Crippen molar-refractivity contribution < 1.29 is 22.0 Å². The number of hydrogen-bond acceptors (Lipinski definition) is 4. The monoisotopic (exact) mass is 376 g/mol. The Morgan fingerprint density at radius 3 is 2.85 bits per heavy atom. The van der Waals surface area contributed by atoms with Crippen molar-refractivity contribution >= 4 is 26.8 Å². The van der Waals surface area contributed by atoms with Crippen LogP contribution < -0.4 is 5.32 Å². The van der Waals surface area contributed by atoms with Crippen LogP contribution >= 0.6 is 0 Å². The molecule has 6 nitrogen and oxygen atoms in total. The molecule has 0 bridgehead atoms. The predicted octanol–water partition coefficient (Wildman–Crippen LogP) is 2.34. The molecule has 3 aromatic rings. The zero-order chi connectivity index (χ0) is 18.3. The van der Waals surface area contributed by atoms with Gasteiger partial charge in [0.2, 0.25) is 0 Å². The van der Waals surface area contributed by atoms with Gasteiger partial charge in [-0.1, -0.05) is 18.2 Å². The lowest BCUT2D eigenvalue weighted by atomic mass is 10.2. The largest absolute Gasteiger partial charge is 0.463 e. The first-order chi connectivity index (χ1) is 12.4. The maximum Gasteiger partial charge on any atom is 0.268 e. The first kappa shape index (κ1) is 16.8. The molecule has 1 saturated heterocycles. The lowest BCUT2D eigenvalue weighted by molar-refractivity contribution is 0.0932. The summed E-state index contributed by atoms with van der Waals surface area (Å²) in [4.78, 5) is 12.7. The highest BCUT2D eigenvalue weighted by Crippen LogP contribution is 2.24. The highest BCUT2D eigenvalue weighted by molar-refractivity contribution is 7.91. The third kappa shape index (κ3) is 3.12. The fraction of sp³-hybridized carbons (Fsp3) is 0.278. The number of amides is 1. The summed E-state index contributed by atoms with van der Waals surface area (Å²) in [6.07, 6.45) is 1.91. The Hall–Kier alpha value is -2.61. The average Bonchev–Trinajstić information content (AvgIpc) is 3.25. The van der Waals surface area contributed by atoms with Gasteiger partial charge in [0.25, 0.3) is 5.91 Å². The lowest BCUT2D eigenvalue weighted by Crippen LogP contribution is -2.36. The van der Waals surface area contributed by atoms with Crippen LogP contribution in [0, 0.1) is 5.82 Å². The first-order valence-corrected chi connectivity index (χ1v) is 10.1. The highest BCUT2D eigenvalue weighted by Gasteiger charge is 2.30. The summed E-state index contributed by atoms with van der Waals surface area (Å²) >= 11 is 0. The van der Waals surface area contributed by atoms with E-state index in [9.17, 15) is 17.6 Å². The maximum atomic E-state index is 14.0. The second kappa shape index (κ2) is 6.28. The van der Waals surface area contributed by atoms with Gasteiger partial charge in [-0.05, 0) is 12.5 Å². The van der Waals surface area contributed by atoms with Gasteiger partial charge >= 0.3 is 0 Å². The van der Waals surface area contributed by atoms with Crippen LogP contribution in [0.3, 0.4) is 0 Å². The summed E-state index contributed by atoms with van der Waals surface area (Å²) in [6, 6.07) is 9.27. The zero-order valence-electron chi connectivity index (χ0n) is 13.8. The number of halogens is 1. The van der Waals surface area contributed by atoms with Gasteiger partial charge in [0.15, 0.2) is 15.4 Å². The van der Waals surface area contributed by atoms with E-state index >= 15 is 0 Å². The smallest absolute Gasteiger partial charge is 0.268 e. The summed E-state index contributed by atoms with van der Waals surface area (Å²) < 4.78 is 44.3. The van der Waals surface area contributed by atoms with Crippen molar-refractivity contribution in [3.8, 4) is 0 Å². The number of rotatable bonds is 4. The molecule has 0 spiro atoms. The second-order valence-corrected chi connectivity index (χ2v) is 8.68. The van der Waals surface area contributed by atoms with Crippen LogP contribution in [-0.2, 0) is 16.4 Å². The van der Waals surface area contributed by atoms with Crippen molar-refractivity contribution in [3.63, 3.8) is 0 Å². The van der Waals surface area contributed by atoms with Crippen LogP contribution in [0.5, 0.6) is 0 Å². The quantitative estimate of drug-likeness (QED) is 0.758. The van der Waals surface area contributed by atoms with Gasteiger partial charge < -0.3 is 14.3 Å². The number of nitrogens with one attached hydrogen (secondary N) is 1. The minimum Gasteiger partial charge on any atom is -0.463 e. The summed E-state index contributed by atoms with van der Waals surface area (Å²) in [5, 5.41) is 2.77. The number of nitrogens with zero attached hydrogens (tertiary/aromatic N) is 1. The molecule has 1 amide bonds. The number of sulfone groups is 1. The molecule has 26 heavy (non-hydrogen) atoms. The van der Waals surface area contributed by atoms with E-state index in [1.54, 1.807) is 34.9 Å². The second-order valence-electron chi connectivity index (χ2n) is 6.45. The fourth-order valence-electron chi connectivity index (χ4n) is 3.30. The third-order valence-corrected chi connectivity index (χ3v) is 6.38. The summed E-state index contributed by atoms with van der Waals surface area (Å²) in [5.74, 6) is -0.722. The van der Waals surface area contributed by atoms with Crippen molar-refractivity contribution in [2.45, 2.75) is 19.0 Å². The molecule has 0 unspecified atom stereocenters. The Morgan fingerprint density at radius 2 is 2.12 bits per heavy atom. The normalized spacial score (nSPS) is 19.0. The van der Waals surface area contributed by atoms with E-state index < -0.39 is 21.8 Å². The number of aromatic nitrogens is 1. The van der Waals surface area contributed by atoms with Crippen molar-refractivity contribution in [1.82, 2.24) is 9.88 Å². The Balaban J connectivity index is 1.66. The van der Waals surface area contributed by atoms with E-state index in [-0.39, 0.29) is 23.9 Å². The average molecular weight is 376 g/mol. The van der Waals surface area contributed by atoms with Gasteiger partial charge in [-0.25, -0.2) is 12.8 Å². The molecule has 2 aromatic heterocycles. The SMILES string of the molecule is O=C(N[C@H]1CCS(=O)(=O)C1)c1cc2occc2n1Cc1ccccc1F. The van der Waals surface area contributed by atoms with Gasteiger partial charge in [0, 0.05) is 23.7 Å². The molecule has 1 aromatic carbocycles. The number of fused-ring (bicyclic) bond motifs is 1. The Kier molecular flexibility index (Phi) is 4.07. The number of furan rings is 1.